The molecule has 2 rings (SSSR count). The first-order valence-corrected chi connectivity index (χ1v) is 8.18. The van der Waals surface area contributed by atoms with Gasteiger partial charge in [0.2, 0.25) is 0 Å². The van der Waals surface area contributed by atoms with Gasteiger partial charge in [-0.15, -0.1) is 11.3 Å². The summed E-state index contributed by atoms with van der Waals surface area (Å²) in [5, 5.41) is 3.00. The van der Waals surface area contributed by atoms with Gasteiger partial charge in [-0.25, -0.2) is 0 Å². The Balaban J connectivity index is 2.09. The zero-order valence-electron chi connectivity index (χ0n) is 9.80. The number of nitrogens with one attached hydrogen (secondary N) is 1. The fourth-order valence-corrected chi connectivity index (χ4v) is 3.86. The van der Waals surface area contributed by atoms with Gasteiger partial charge in [-0.1, -0.05) is 23.7 Å². The third kappa shape index (κ3) is 4.58. The molecule has 2 aromatic rings. The SMILES string of the molecule is FC(F)(F)Sc1ccccc1NCc1cc(Br)c(Cl)s1. The Labute approximate surface area is 135 Å². The number of alkyl halides is 3. The summed E-state index contributed by atoms with van der Waals surface area (Å²) < 4.78 is 38.8. The third-order valence-corrected chi connectivity index (χ3v) is 5.54. The van der Waals surface area contributed by atoms with Gasteiger partial charge in [-0.05, 0) is 45.9 Å². The summed E-state index contributed by atoms with van der Waals surface area (Å²) in [4.78, 5) is 1.09. The molecule has 1 aromatic carbocycles. The van der Waals surface area contributed by atoms with Crippen molar-refractivity contribution in [1.29, 1.82) is 0 Å². The van der Waals surface area contributed by atoms with Crippen LogP contribution in [-0.4, -0.2) is 5.51 Å². The lowest BCUT2D eigenvalue weighted by Crippen LogP contribution is -2.03. The van der Waals surface area contributed by atoms with Crippen LogP contribution < -0.4 is 5.32 Å². The Morgan fingerprint density at radius 1 is 1.30 bits per heavy atom. The second-order valence-electron chi connectivity index (χ2n) is 3.73. The van der Waals surface area contributed by atoms with Gasteiger partial charge in [0.05, 0.1) is 0 Å². The maximum atomic E-state index is 12.5. The van der Waals surface area contributed by atoms with Crippen LogP contribution in [0, 0.1) is 0 Å². The summed E-state index contributed by atoms with van der Waals surface area (Å²) in [5.41, 5.74) is -3.84. The summed E-state index contributed by atoms with van der Waals surface area (Å²) >= 11 is 10.5. The number of halogens is 5. The van der Waals surface area contributed by atoms with E-state index in [4.69, 9.17) is 11.6 Å². The van der Waals surface area contributed by atoms with Gasteiger partial charge in [-0.3, -0.25) is 0 Å². The van der Waals surface area contributed by atoms with Gasteiger partial charge in [0, 0.05) is 26.5 Å². The molecule has 1 nitrogen and oxygen atoms in total. The van der Waals surface area contributed by atoms with Crippen molar-refractivity contribution in [3.63, 3.8) is 0 Å². The van der Waals surface area contributed by atoms with E-state index in [2.05, 4.69) is 21.2 Å². The number of thiophene rings is 1. The Bertz CT molecular complexity index is 581. The fourth-order valence-electron chi connectivity index (χ4n) is 1.49. The molecule has 8 heteroatoms. The minimum atomic E-state index is -4.30. The van der Waals surface area contributed by atoms with E-state index in [1.165, 1.54) is 17.4 Å². The van der Waals surface area contributed by atoms with E-state index in [0.29, 0.717) is 16.6 Å². The standard InChI is InChI=1S/C12H8BrClF3NS2/c13-8-5-7(19-11(8)14)6-18-9-3-1-2-4-10(9)20-12(15,16)17/h1-5,18H,6H2. The quantitative estimate of drug-likeness (QED) is 0.595. The summed E-state index contributed by atoms with van der Waals surface area (Å²) in [6, 6.07) is 8.19. The lowest BCUT2D eigenvalue weighted by Gasteiger charge is -2.12. The Morgan fingerprint density at radius 3 is 2.60 bits per heavy atom. The largest absolute Gasteiger partial charge is 0.446 e. The van der Waals surface area contributed by atoms with Crippen molar-refractivity contribution < 1.29 is 13.2 Å². The zero-order chi connectivity index (χ0) is 14.8. The molecule has 0 amide bonds. The third-order valence-electron chi connectivity index (χ3n) is 2.26. The molecule has 0 aliphatic heterocycles. The van der Waals surface area contributed by atoms with Crippen molar-refractivity contribution >= 4 is 56.3 Å². The first kappa shape index (κ1) is 16.0. The van der Waals surface area contributed by atoms with Gasteiger partial charge in [0.1, 0.15) is 4.34 Å². The number of hydrogen-bond donors (Lipinski definition) is 1. The van der Waals surface area contributed by atoms with Crippen molar-refractivity contribution in [3.8, 4) is 0 Å². The topological polar surface area (TPSA) is 12.0 Å². The van der Waals surface area contributed by atoms with E-state index in [0.717, 1.165) is 9.35 Å². The molecule has 108 valence electrons. The van der Waals surface area contributed by atoms with Gasteiger partial charge in [0.15, 0.2) is 0 Å². The van der Waals surface area contributed by atoms with E-state index in [-0.39, 0.29) is 16.7 Å². The van der Waals surface area contributed by atoms with Crippen LogP contribution in [-0.2, 0) is 6.54 Å². The van der Waals surface area contributed by atoms with Gasteiger partial charge in [-0.2, -0.15) is 13.2 Å². The molecule has 0 radical (unpaired) electrons. The first-order chi connectivity index (χ1) is 9.35. The number of hydrogen-bond acceptors (Lipinski definition) is 3. The molecule has 0 spiro atoms. The van der Waals surface area contributed by atoms with E-state index in [9.17, 15) is 13.2 Å². The van der Waals surface area contributed by atoms with Crippen LogP contribution in [0.4, 0.5) is 18.9 Å². The fraction of sp³-hybridized carbons (Fsp3) is 0.167. The molecule has 0 aliphatic carbocycles. The molecule has 0 atom stereocenters. The molecule has 0 bridgehead atoms. The molecule has 1 heterocycles. The minimum absolute atomic E-state index is 0.124. The molecule has 0 saturated heterocycles. The predicted molar refractivity (Wildman–Crippen MR) is 82.7 cm³/mol. The molecular formula is C12H8BrClF3NS2. The highest BCUT2D eigenvalue weighted by Crippen LogP contribution is 2.40. The second-order valence-corrected chi connectivity index (χ2v) is 7.43. The molecule has 1 N–H and O–H groups in total. The maximum Gasteiger partial charge on any atom is 0.446 e. The maximum absolute atomic E-state index is 12.5. The van der Waals surface area contributed by atoms with E-state index in [1.54, 1.807) is 18.2 Å². The van der Waals surface area contributed by atoms with Crippen molar-refractivity contribution in [2.45, 2.75) is 16.9 Å². The molecule has 1 aromatic heterocycles. The van der Waals surface area contributed by atoms with Crippen molar-refractivity contribution in [1.82, 2.24) is 0 Å². The summed E-state index contributed by atoms with van der Waals surface area (Å²) in [5.74, 6) is 0. The summed E-state index contributed by atoms with van der Waals surface area (Å²) in [7, 11) is 0. The minimum Gasteiger partial charge on any atom is -0.379 e. The lowest BCUT2D eigenvalue weighted by molar-refractivity contribution is -0.0327. The number of anilines is 1. The Kier molecular flexibility index (Phi) is 5.28. The van der Waals surface area contributed by atoms with Crippen molar-refractivity contribution in [2.75, 3.05) is 5.32 Å². The van der Waals surface area contributed by atoms with Gasteiger partial charge >= 0.3 is 5.51 Å². The Hall–Kier alpha value is -0.370. The van der Waals surface area contributed by atoms with Crippen LogP contribution in [0.2, 0.25) is 4.34 Å². The molecule has 20 heavy (non-hydrogen) atoms. The van der Waals surface area contributed by atoms with E-state index >= 15 is 0 Å². The molecule has 0 saturated carbocycles. The van der Waals surface area contributed by atoms with Crippen LogP contribution in [0.15, 0.2) is 39.7 Å². The van der Waals surface area contributed by atoms with Crippen LogP contribution in [0.5, 0.6) is 0 Å². The molecule has 0 fully saturated rings. The van der Waals surface area contributed by atoms with Crippen LogP contribution in [0.1, 0.15) is 4.88 Å². The monoisotopic (exact) mass is 401 g/mol. The normalized spacial score (nSPS) is 11.7. The van der Waals surface area contributed by atoms with Crippen LogP contribution in [0.25, 0.3) is 0 Å². The number of thioether (sulfide) groups is 1. The number of para-hydroxylation sites is 1. The highest BCUT2D eigenvalue weighted by Gasteiger charge is 2.30. The average Bonchev–Trinajstić information content (AvgIpc) is 2.66. The van der Waals surface area contributed by atoms with Gasteiger partial charge in [0.25, 0.3) is 0 Å². The average molecular weight is 403 g/mol. The van der Waals surface area contributed by atoms with Crippen LogP contribution in [0.3, 0.4) is 0 Å². The smallest absolute Gasteiger partial charge is 0.379 e. The molecule has 0 unspecified atom stereocenters. The Morgan fingerprint density at radius 2 is 2.00 bits per heavy atom. The summed E-state index contributed by atoms with van der Waals surface area (Å²) in [6.45, 7) is 0.422. The highest BCUT2D eigenvalue weighted by atomic mass is 79.9. The molecular weight excluding hydrogens is 395 g/mol. The zero-order valence-corrected chi connectivity index (χ0v) is 13.8. The van der Waals surface area contributed by atoms with Gasteiger partial charge < -0.3 is 5.32 Å². The van der Waals surface area contributed by atoms with E-state index < -0.39 is 5.51 Å². The van der Waals surface area contributed by atoms with E-state index in [1.807, 2.05) is 6.07 Å². The number of rotatable bonds is 4. The molecule has 0 aliphatic rings. The summed E-state index contributed by atoms with van der Waals surface area (Å²) in [6.07, 6.45) is 0. The first-order valence-electron chi connectivity index (χ1n) is 5.37. The van der Waals surface area contributed by atoms with Crippen molar-refractivity contribution in [3.05, 3.63) is 44.0 Å². The second kappa shape index (κ2) is 6.60. The number of benzene rings is 1. The lowest BCUT2D eigenvalue weighted by atomic mass is 10.3. The van der Waals surface area contributed by atoms with Crippen molar-refractivity contribution in [2.24, 2.45) is 0 Å². The highest BCUT2D eigenvalue weighted by molar-refractivity contribution is 9.10. The predicted octanol–water partition coefficient (Wildman–Crippen LogP) is 6.39. The van der Waals surface area contributed by atoms with Crippen LogP contribution >= 0.6 is 50.6 Å².